The topological polar surface area (TPSA) is 33.7 Å². The molecule has 1 aliphatic heterocycles. The van der Waals surface area contributed by atoms with Crippen LogP contribution in [0.15, 0.2) is 0 Å². The fourth-order valence-electron chi connectivity index (χ4n) is 3.50. The van der Waals surface area contributed by atoms with Gasteiger partial charge in [-0.3, -0.25) is 0 Å². The Balaban J connectivity index is 1.54. The molecule has 1 aliphatic carbocycles. The Hall–Kier alpha value is -0.160. The fraction of sp³-hybridized carbons (Fsp3) is 1.00. The Morgan fingerprint density at radius 1 is 1.20 bits per heavy atom. The van der Waals surface area contributed by atoms with E-state index in [1.807, 2.05) is 0 Å². The van der Waals surface area contributed by atoms with Crippen molar-refractivity contribution in [1.82, 2.24) is 10.2 Å². The van der Waals surface area contributed by atoms with Crippen molar-refractivity contribution in [3.05, 3.63) is 0 Å². The molecular weight excluding hydrogens is 252 g/mol. The third-order valence-electron chi connectivity index (χ3n) is 4.82. The van der Waals surface area contributed by atoms with E-state index in [-0.39, 0.29) is 5.60 Å². The lowest BCUT2D eigenvalue weighted by Crippen LogP contribution is -2.37. The number of likely N-dealkylation sites (N-methyl/N-ethyl adjacent to an activating group) is 1. The van der Waals surface area contributed by atoms with Gasteiger partial charge in [-0.15, -0.1) is 0 Å². The van der Waals surface area contributed by atoms with Crippen LogP contribution in [0.4, 0.5) is 0 Å². The van der Waals surface area contributed by atoms with Gasteiger partial charge in [0.1, 0.15) is 0 Å². The third kappa shape index (κ3) is 4.99. The predicted molar refractivity (Wildman–Crippen MR) is 82.2 cm³/mol. The summed E-state index contributed by atoms with van der Waals surface area (Å²) < 4.78 is 11.4. The molecule has 2 fully saturated rings. The largest absolute Gasteiger partial charge is 0.383 e. The van der Waals surface area contributed by atoms with Gasteiger partial charge in [-0.1, -0.05) is 19.3 Å². The molecule has 20 heavy (non-hydrogen) atoms. The lowest BCUT2D eigenvalue weighted by Gasteiger charge is -2.33. The van der Waals surface area contributed by atoms with Crippen LogP contribution in [0.5, 0.6) is 0 Å². The molecule has 1 spiro atoms. The quantitative estimate of drug-likeness (QED) is 0.692. The molecule has 2 aliphatic rings. The molecule has 0 aromatic carbocycles. The van der Waals surface area contributed by atoms with E-state index in [4.69, 9.17) is 9.47 Å². The maximum atomic E-state index is 6.37. The van der Waals surface area contributed by atoms with E-state index >= 15 is 0 Å². The number of hydrogen-bond acceptors (Lipinski definition) is 4. The number of hydrogen-bond donors (Lipinski definition) is 1. The van der Waals surface area contributed by atoms with Crippen LogP contribution in [0.25, 0.3) is 0 Å². The summed E-state index contributed by atoms with van der Waals surface area (Å²) in [5.41, 5.74) is 0.264. The first-order chi connectivity index (χ1) is 9.74. The van der Waals surface area contributed by atoms with Crippen LogP contribution in [-0.2, 0) is 9.47 Å². The summed E-state index contributed by atoms with van der Waals surface area (Å²) in [5, 5.41) is 3.55. The molecule has 1 N–H and O–H groups in total. The zero-order chi connectivity index (χ0) is 14.3. The molecule has 0 bridgehead atoms. The first-order valence-corrected chi connectivity index (χ1v) is 8.30. The molecule has 4 nitrogen and oxygen atoms in total. The van der Waals surface area contributed by atoms with Crippen molar-refractivity contribution in [2.75, 3.05) is 46.9 Å². The van der Waals surface area contributed by atoms with Gasteiger partial charge in [0.15, 0.2) is 0 Å². The van der Waals surface area contributed by atoms with Gasteiger partial charge >= 0.3 is 0 Å². The zero-order valence-corrected chi connectivity index (χ0v) is 13.3. The van der Waals surface area contributed by atoms with E-state index in [0.29, 0.717) is 6.10 Å². The van der Waals surface area contributed by atoms with E-state index in [1.165, 1.54) is 44.9 Å². The zero-order valence-electron chi connectivity index (χ0n) is 13.3. The molecule has 1 heterocycles. The first kappa shape index (κ1) is 16.2. The highest BCUT2D eigenvalue weighted by molar-refractivity contribution is 4.91. The van der Waals surface area contributed by atoms with Crippen molar-refractivity contribution in [1.29, 1.82) is 0 Å². The Morgan fingerprint density at radius 2 is 2.00 bits per heavy atom. The molecule has 118 valence electrons. The smallest absolute Gasteiger partial charge is 0.0708 e. The fourth-order valence-corrected chi connectivity index (χ4v) is 3.50. The van der Waals surface area contributed by atoms with Crippen LogP contribution in [0.2, 0.25) is 0 Å². The van der Waals surface area contributed by atoms with Gasteiger partial charge in [0.25, 0.3) is 0 Å². The third-order valence-corrected chi connectivity index (χ3v) is 4.82. The maximum Gasteiger partial charge on any atom is 0.0708 e. The molecule has 2 rings (SSSR count). The summed E-state index contributed by atoms with van der Waals surface area (Å²) in [6, 6.07) is 0. The number of nitrogens with one attached hydrogen (secondary N) is 1. The lowest BCUT2D eigenvalue weighted by atomic mass is 9.83. The van der Waals surface area contributed by atoms with Crippen molar-refractivity contribution in [2.45, 2.75) is 56.7 Å². The SMILES string of the molecule is COCCN(C)CCNCC1CCC2(CCCCC2)O1. The number of rotatable bonds is 8. The highest BCUT2D eigenvalue weighted by Gasteiger charge is 2.40. The maximum absolute atomic E-state index is 6.37. The summed E-state index contributed by atoms with van der Waals surface area (Å²) >= 11 is 0. The minimum Gasteiger partial charge on any atom is -0.383 e. The number of methoxy groups -OCH3 is 1. The summed E-state index contributed by atoms with van der Waals surface area (Å²) in [4.78, 5) is 2.30. The normalized spacial score (nSPS) is 25.6. The van der Waals surface area contributed by atoms with Crippen LogP contribution < -0.4 is 5.32 Å². The Morgan fingerprint density at radius 3 is 2.75 bits per heavy atom. The molecule has 1 saturated carbocycles. The van der Waals surface area contributed by atoms with Gasteiger partial charge < -0.3 is 19.7 Å². The molecule has 1 atom stereocenters. The number of ether oxygens (including phenoxy) is 2. The minimum atomic E-state index is 0.264. The molecule has 0 aromatic rings. The average Bonchev–Trinajstić information content (AvgIpc) is 2.85. The van der Waals surface area contributed by atoms with Gasteiger partial charge in [0, 0.05) is 33.3 Å². The second kappa shape index (κ2) is 8.32. The van der Waals surface area contributed by atoms with Crippen LogP contribution in [0.3, 0.4) is 0 Å². The van der Waals surface area contributed by atoms with E-state index in [2.05, 4.69) is 17.3 Å². The van der Waals surface area contributed by atoms with Crippen LogP contribution in [0, 0.1) is 0 Å². The minimum absolute atomic E-state index is 0.264. The average molecular weight is 284 g/mol. The van der Waals surface area contributed by atoms with E-state index in [1.54, 1.807) is 7.11 Å². The number of nitrogens with zero attached hydrogens (tertiary/aromatic N) is 1. The molecule has 4 heteroatoms. The van der Waals surface area contributed by atoms with Gasteiger partial charge in [-0.25, -0.2) is 0 Å². The molecular formula is C16H32N2O2. The van der Waals surface area contributed by atoms with E-state index < -0.39 is 0 Å². The molecule has 0 radical (unpaired) electrons. The second-order valence-electron chi connectivity index (χ2n) is 6.52. The lowest BCUT2D eigenvalue weighted by molar-refractivity contribution is -0.0623. The highest BCUT2D eigenvalue weighted by Crippen LogP contribution is 2.41. The van der Waals surface area contributed by atoms with E-state index in [0.717, 1.165) is 32.8 Å². The van der Waals surface area contributed by atoms with Crippen LogP contribution >= 0.6 is 0 Å². The second-order valence-corrected chi connectivity index (χ2v) is 6.52. The molecule has 1 unspecified atom stereocenters. The Kier molecular flexibility index (Phi) is 6.75. The van der Waals surface area contributed by atoms with Crippen molar-refractivity contribution in [2.24, 2.45) is 0 Å². The Labute approximate surface area is 124 Å². The van der Waals surface area contributed by atoms with Crippen LogP contribution in [0.1, 0.15) is 44.9 Å². The van der Waals surface area contributed by atoms with Gasteiger partial charge in [-0.05, 0) is 32.7 Å². The van der Waals surface area contributed by atoms with Crippen LogP contribution in [-0.4, -0.2) is 63.5 Å². The molecule has 0 aromatic heterocycles. The summed E-state index contributed by atoms with van der Waals surface area (Å²) in [6.07, 6.45) is 9.69. The Bertz CT molecular complexity index is 267. The van der Waals surface area contributed by atoms with Gasteiger partial charge in [-0.2, -0.15) is 0 Å². The summed E-state index contributed by atoms with van der Waals surface area (Å²) in [7, 11) is 3.90. The standard InChI is InChI=1S/C16H32N2O2/c1-18(12-13-19-2)11-10-17-14-15-6-9-16(20-15)7-4-3-5-8-16/h15,17H,3-14H2,1-2H3. The summed E-state index contributed by atoms with van der Waals surface area (Å²) in [6.45, 7) is 4.93. The highest BCUT2D eigenvalue weighted by atomic mass is 16.5. The van der Waals surface area contributed by atoms with Crippen molar-refractivity contribution < 1.29 is 9.47 Å². The monoisotopic (exact) mass is 284 g/mol. The van der Waals surface area contributed by atoms with E-state index in [9.17, 15) is 0 Å². The van der Waals surface area contributed by atoms with Gasteiger partial charge in [0.2, 0.25) is 0 Å². The van der Waals surface area contributed by atoms with Crippen molar-refractivity contribution in [3.63, 3.8) is 0 Å². The molecule has 1 saturated heterocycles. The first-order valence-electron chi connectivity index (χ1n) is 8.30. The van der Waals surface area contributed by atoms with Crippen molar-refractivity contribution in [3.8, 4) is 0 Å². The predicted octanol–water partition coefficient (Wildman–Crippen LogP) is 2.04. The van der Waals surface area contributed by atoms with Crippen molar-refractivity contribution >= 4 is 0 Å². The van der Waals surface area contributed by atoms with Gasteiger partial charge in [0.05, 0.1) is 18.3 Å². The molecule has 0 amide bonds. The summed E-state index contributed by atoms with van der Waals surface area (Å²) in [5.74, 6) is 0.